The predicted octanol–water partition coefficient (Wildman–Crippen LogP) is 4.88. The lowest BCUT2D eigenvalue weighted by Crippen LogP contribution is -2.22. The zero-order valence-electron chi connectivity index (χ0n) is 24.6. The van der Waals surface area contributed by atoms with Gasteiger partial charge in [-0.25, -0.2) is 0 Å². The SMILES string of the molecule is CC(CCOCCCCCCNCC(O)c1ccc(OCC(O)c2ccc(O)c(CO)c2)c(CO)c1)c1ccccc1. The van der Waals surface area contributed by atoms with Gasteiger partial charge in [0.05, 0.1) is 19.3 Å². The maximum atomic E-state index is 10.6. The lowest BCUT2D eigenvalue weighted by Gasteiger charge is -2.18. The molecule has 0 aliphatic heterocycles. The van der Waals surface area contributed by atoms with E-state index in [1.165, 1.54) is 17.7 Å². The third-order valence-corrected chi connectivity index (χ3v) is 7.49. The monoisotopic (exact) mass is 581 g/mol. The van der Waals surface area contributed by atoms with Crippen molar-refractivity contribution >= 4 is 0 Å². The molecule has 0 spiro atoms. The number of unbranched alkanes of at least 4 members (excludes halogenated alkanes) is 3. The van der Waals surface area contributed by atoms with Crippen molar-refractivity contribution in [2.75, 3.05) is 32.9 Å². The molecule has 6 N–H and O–H groups in total. The predicted molar refractivity (Wildman–Crippen MR) is 163 cm³/mol. The van der Waals surface area contributed by atoms with E-state index in [9.17, 15) is 25.5 Å². The Bertz CT molecular complexity index is 1170. The summed E-state index contributed by atoms with van der Waals surface area (Å²) in [5.41, 5.74) is 3.36. The number of hydrogen-bond acceptors (Lipinski definition) is 8. The largest absolute Gasteiger partial charge is 0.508 e. The Morgan fingerprint density at radius 2 is 1.43 bits per heavy atom. The highest BCUT2D eigenvalue weighted by Gasteiger charge is 2.15. The van der Waals surface area contributed by atoms with E-state index < -0.39 is 12.2 Å². The third kappa shape index (κ3) is 11.0. The quantitative estimate of drug-likeness (QED) is 0.104. The first kappa shape index (κ1) is 33.5. The lowest BCUT2D eigenvalue weighted by atomic mass is 9.98. The molecule has 3 atom stereocenters. The number of aromatic hydroxyl groups is 1. The summed E-state index contributed by atoms with van der Waals surface area (Å²) in [4.78, 5) is 0. The molecule has 42 heavy (non-hydrogen) atoms. The maximum absolute atomic E-state index is 10.6. The Balaban J connectivity index is 1.28. The lowest BCUT2D eigenvalue weighted by molar-refractivity contribution is 0.106. The fourth-order valence-corrected chi connectivity index (χ4v) is 4.75. The molecule has 8 heteroatoms. The van der Waals surface area contributed by atoms with E-state index in [2.05, 4.69) is 36.5 Å². The van der Waals surface area contributed by atoms with Crippen molar-refractivity contribution in [3.8, 4) is 11.5 Å². The van der Waals surface area contributed by atoms with Crippen molar-refractivity contribution in [1.82, 2.24) is 5.32 Å². The van der Waals surface area contributed by atoms with E-state index in [1.807, 2.05) is 6.07 Å². The number of rotatable bonds is 20. The molecule has 8 nitrogen and oxygen atoms in total. The third-order valence-electron chi connectivity index (χ3n) is 7.49. The van der Waals surface area contributed by atoms with Gasteiger partial charge in [0.15, 0.2) is 0 Å². The second-order valence-corrected chi connectivity index (χ2v) is 10.7. The summed E-state index contributed by atoms with van der Waals surface area (Å²) in [5, 5.41) is 53.3. The molecule has 0 bridgehead atoms. The van der Waals surface area contributed by atoms with Crippen LogP contribution in [-0.4, -0.2) is 58.4 Å². The summed E-state index contributed by atoms with van der Waals surface area (Å²) in [6, 6.07) is 20.2. The highest BCUT2D eigenvalue weighted by atomic mass is 16.5. The van der Waals surface area contributed by atoms with E-state index >= 15 is 0 Å². The second kappa shape index (κ2) is 18.5. The molecule has 0 saturated heterocycles. The molecule has 0 fully saturated rings. The Hall–Kier alpha value is -2.98. The first-order valence-electron chi connectivity index (χ1n) is 14.9. The Morgan fingerprint density at radius 1 is 0.738 bits per heavy atom. The molecule has 0 aliphatic carbocycles. The van der Waals surface area contributed by atoms with Gasteiger partial charge in [-0.15, -0.1) is 0 Å². The molecule has 0 heterocycles. The highest BCUT2D eigenvalue weighted by molar-refractivity contribution is 5.39. The first-order valence-corrected chi connectivity index (χ1v) is 14.9. The Labute approximate surface area is 249 Å². The number of benzene rings is 3. The first-order chi connectivity index (χ1) is 20.4. The minimum absolute atomic E-state index is 0.0401. The molecule has 3 rings (SSSR count). The van der Waals surface area contributed by atoms with E-state index in [-0.39, 0.29) is 25.6 Å². The summed E-state index contributed by atoms with van der Waals surface area (Å²) in [5.74, 6) is 0.880. The summed E-state index contributed by atoms with van der Waals surface area (Å²) in [6.45, 7) is 4.34. The zero-order chi connectivity index (χ0) is 30.2. The Kier molecular flexibility index (Phi) is 14.8. The molecular weight excluding hydrogens is 534 g/mol. The van der Waals surface area contributed by atoms with Gasteiger partial charge in [-0.2, -0.15) is 0 Å². The molecule has 0 aliphatic rings. The van der Waals surface area contributed by atoms with Crippen LogP contribution in [0.3, 0.4) is 0 Å². The maximum Gasteiger partial charge on any atom is 0.124 e. The van der Waals surface area contributed by atoms with Gasteiger partial charge < -0.3 is 40.3 Å². The summed E-state index contributed by atoms with van der Waals surface area (Å²) >= 11 is 0. The van der Waals surface area contributed by atoms with Crippen LogP contribution in [0.25, 0.3) is 0 Å². The van der Waals surface area contributed by atoms with Crippen molar-refractivity contribution in [3.05, 3.63) is 94.5 Å². The molecular formula is C34H47NO7. The number of aliphatic hydroxyl groups excluding tert-OH is 4. The molecule has 3 aromatic rings. The van der Waals surface area contributed by atoms with Crippen LogP contribution < -0.4 is 10.1 Å². The minimum Gasteiger partial charge on any atom is -0.508 e. The molecule has 0 radical (unpaired) electrons. The van der Waals surface area contributed by atoms with Gasteiger partial charge in [-0.05, 0) is 72.7 Å². The topological polar surface area (TPSA) is 132 Å². The Morgan fingerprint density at radius 3 is 2.19 bits per heavy atom. The fraction of sp³-hybridized carbons (Fsp3) is 0.471. The average Bonchev–Trinajstić information content (AvgIpc) is 3.02. The summed E-state index contributed by atoms with van der Waals surface area (Å²) in [7, 11) is 0. The van der Waals surface area contributed by atoms with E-state index in [0.29, 0.717) is 40.5 Å². The van der Waals surface area contributed by atoms with Crippen molar-refractivity contribution < 1.29 is 35.0 Å². The van der Waals surface area contributed by atoms with Crippen molar-refractivity contribution in [2.45, 2.75) is 70.4 Å². The highest BCUT2D eigenvalue weighted by Crippen LogP contribution is 2.27. The van der Waals surface area contributed by atoms with Gasteiger partial charge in [-0.3, -0.25) is 0 Å². The molecule has 0 saturated carbocycles. The number of aliphatic hydroxyl groups is 4. The standard InChI is InChI=1S/C34H47NO7/c1-25(26-9-5-4-6-10-26)15-18-41-17-8-3-2-7-16-35-21-32(39)27-12-14-34(30(20-27)23-37)42-24-33(40)28-11-13-31(38)29(19-28)22-36/h4-6,9-14,19-20,25,32-33,35-40H,2-3,7-8,15-18,21-24H2,1H3. The van der Waals surface area contributed by atoms with Crippen LogP contribution in [0.5, 0.6) is 11.5 Å². The van der Waals surface area contributed by atoms with Crippen LogP contribution in [-0.2, 0) is 18.0 Å². The molecule has 3 unspecified atom stereocenters. The summed E-state index contributed by atoms with van der Waals surface area (Å²) in [6.07, 6.45) is 3.61. The van der Waals surface area contributed by atoms with Crippen LogP contribution in [0, 0.1) is 0 Å². The van der Waals surface area contributed by atoms with Crippen LogP contribution in [0.15, 0.2) is 66.7 Å². The van der Waals surface area contributed by atoms with Gasteiger partial charge in [0, 0.05) is 30.9 Å². The molecule has 0 aromatic heterocycles. The van der Waals surface area contributed by atoms with Gasteiger partial charge in [0.1, 0.15) is 24.2 Å². The number of hydrogen-bond donors (Lipinski definition) is 6. The van der Waals surface area contributed by atoms with Crippen molar-refractivity contribution in [3.63, 3.8) is 0 Å². The van der Waals surface area contributed by atoms with Gasteiger partial charge in [-0.1, -0.05) is 62.2 Å². The van der Waals surface area contributed by atoms with E-state index in [0.717, 1.165) is 51.9 Å². The average molecular weight is 582 g/mol. The second-order valence-electron chi connectivity index (χ2n) is 10.7. The molecule has 3 aromatic carbocycles. The molecule has 0 amide bonds. The van der Waals surface area contributed by atoms with Crippen LogP contribution >= 0.6 is 0 Å². The summed E-state index contributed by atoms with van der Waals surface area (Å²) < 4.78 is 11.6. The van der Waals surface area contributed by atoms with E-state index in [4.69, 9.17) is 9.47 Å². The normalized spacial score (nSPS) is 13.5. The van der Waals surface area contributed by atoms with Crippen molar-refractivity contribution in [2.24, 2.45) is 0 Å². The van der Waals surface area contributed by atoms with E-state index in [1.54, 1.807) is 24.3 Å². The smallest absolute Gasteiger partial charge is 0.124 e. The number of ether oxygens (including phenoxy) is 2. The number of nitrogens with one attached hydrogen (secondary N) is 1. The molecule has 230 valence electrons. The van der Waals surface area contributed by atoms with Gasteiger partial charge in [0.25, 0.3) is 0 Å². The van der Waals surface area contributed by atoms with Crippen molar-refractivity contribution in [1.29, 1.82) is 0 Å². The van der Waals surface area contributed by atoms with Crippen LogP contribution in [0.1, 0.15) is 85.0 Å². The van der Waals surface area contributed by atoms with Crippen LogP contribution in [0.2, 0.25) is 0 Å². The minimum atomic E-state index is -0.988. The van der Waals surface area contributed by atoms with Crippen LogP contribution in [0.4, 0.5) is 0 Å². The number of phenols is 1. The zero-order valence-corrected chi connectivity index (χ0v) is 24.6. The van der Waals surface area contributed by atoms with Gasteiger partial charge in [0.2, 0.25) is 0 Å². The van der Waals surface area contributed by atoms with Gasteiger partial charge >= 0.3 is 0 Å². The fourth-order valence-electron chi connectivity index (χ4n) is 4.75.